The van der Waals surface area contributed by atoms with Crippen LogP contribution in [-0.2, 0) is 12.0 Å². The smallest absolute Gasteiger partial charge is 0.178 e. The molecule has 0 spiro atoms. The van der Waals surface area contributed by atoms with Crippen LogP contribution >= 0.6 is 0 Å². The first-order chi connectivity index (χ1) is 12.4. The Morgan fingerprint density at radius 2 is 2.04 bits per heavy atom. The van der Waals surface area contributed by atoms with Gasteiger partial charge in [-0.3, -0.25) is 5.10 Å². The molecule has 2 N–H and O–H groups in total. The molecule has 8 heteroatoms. The number of nitrogens with zero attached hydrogens (tertiary/aromatic N) is 6. The Hall–Kier alpha value is -2.48. The predicted molar refractivity (Wildman–Crippen MR) is 100 cm³/mol. The molecule has 0 aliphatic carbocycles. The Morgan fingerprint density at radius 3 is 2.73 bits per heavy atom. The van der Waals surface area contributed by atoms with Gasteiger partial charge < -0.3 is 10.2 Å². The van der Waals surface area contributed by atoms with Crippen molar-refractivity contribution in [2.45, 2.75) is 39.7 Å². The van der Waals surface area contributed by atoms with Gasteiger partial charge in [0.25, 0.3) is 0 Å². The van der Waals surface area contributed by atoms with Gasteiger partial charge >= 0.3 is 0 Å². The summed E-state index contributed by atoms with van der Waals surface area (Å²) >= 11 is 0. The Labute approximate surface area is 153 Å². The molecule has 3 aromatic heterocycles. The van der Waals surface area contributed by atoms with Gasteiger partial charge in [-0.1, -0.05) is 20.8 Å². The molecule has 0 radical (unpaired) electrons. The Bertz CT molecular complexity index is 897. The molecular weight excluding hydrogens is 328 g/mol. The normalized spacial score (nSPS) is 15.6. The standard InChI is InChI=1S/C18H26N8/c1-12-14(9-20-21-12)8-19-7-13-10-25(11-13)16-6-5-15-22-23-17(18(2,3)4)26(15)24-16/h5-6,9,13,19H,7-8,10-11H2,1-4H3,(H,20,21). The highest BCUT2D eigenvalue weighted by Gasteiger charge is 2.29. The fourth-order valence-corrected chi connectivity index (χ4v) is 3.27. The minimum Gasteiger partial charge on any atom is -0.354 e. The first kappa shape index (κ1) is 17.0. The average Bonchev–Trinajstić information content (AvgIpc) is 3.14. The minimum atomic E-state index is -0.0857. The SMILES string of the molecule is Cc1[nH]ncc1CNCC1CN(c2ccc3nnc(C(C)(C)C)n3n2)C1. The molecule has 1 aliphatic rings. The van der Waals surface area contributed by atoms with E-state index in [4.69, 9.17) is 5.10 Å². The third kappa shape index (κ3) is 3.16. The summed E-state index contributed by atoms with van der Waals surface area (Å²) in [6.45, 7) is 12.3. The summed E-state index contributed by atoms with van der Waals surface area (Å²) in [7, 11) is 0. The fraction of sp³-hybridized carbons (Fsp3) is 0.556. The van der Waals surface area contributed by atoms with Crippen LogP contribution < -0.4 is 10.2 Å². The predicted octanol–water partition coefficient (Wildman–Crippen LogP) is 1.68. The van der Waals surface area contributed by atoms with Crippen molar-refractivity contribution in [2.75, 3.05) is 24.5 Å². The molecule has 138 valence electrons. The number of rotatable bonds is 5. The van der Waals surface area contributed by atoms with Crippen molar-refractivity contribution in [3.8, 4) is 0 Å². The highest BCUT2D eigenvalue weighted by molar-refractivity contribution is 5.47. The summed E-state index contributed by atoms with van der Waals surface area (Å²) in [5.74, 6) is 2.52. The van der Waals surface area contributed by atoms with Crippen molar-refractivity contribution >= 4 is 11.5 Å². The van der Waals surface area contributed by atoms with Gasteiger partial charge in [0.2, 0.25) is 0 Å². The Morgan fingerprint density at radius 1 is 1.23 bits per heavy atom. The lowest BCUT2D eigenvalue weighted by atomic mass is 9.96. The topological polar surface area (TPSA) is 87.0 Å². The van der Waals surface area contributed by atoms with E-state index < -0.39 is 0 Å². The van der Waals surface area contributed by atoms with Gasteiger partial charge in [-0.15, -0.1) is 15.3 Å². The second-order valence-corrected chi connectivity index (χ2v) is 8.16. The zero-order valence-electron chi connectivity index (χ0n) is 15.8. The quantitative estimate of drug-likeness (QED) is 0.725. The fourth-order valence-electron chi connectivity index (χ4n) is 3.27. The number of aromatic nitrogens is 6. The second-order valence-electron chi connectivity index (χ2n) is 8.16. The lowest BCUT2D eigenvalue weighted by Gasteiger charge is -2.40. The largest absolute Gasteiger partial charge is 0.354 e. The average molecular weight is 354 g/mol. The van der Waals surface area contributed by atoms with E-state index in [9.17, 15) is 0 Å². The van der Waals surface area contributed by atoms with E-state index in [1.54, 1.807) is 0 Å². The maximum Gasteiger partial charge on any atom is 0.178 e. The van der Waals surface area contributed by atoms with Gasteiger partial charge in [-0.2, -0.15) is 9.61 Å². The van der Waals surface area contributed by atoms with E-state index in [0.29, 0.717) is 5.92 Å². The molecule has 4 heterocycles. The molecule has 4 rings (SSSR count). The zero-order valence-corrected chi connectivity index (χ0v) is 15.8. The highest BCUT2D eigenvalue weighted by Crippen LogP contribution is 2.25. The number of hydrogen-bond acceptors (Lipinski definition) is 6. The summed E-state index contributed by atoms with van der Waals surface area (Å²) in [5, 5.41) is 23.9. The number of aryl methyl sites for hydroxylation is 1. The molecule has 26 heavy (non-hydrogen) atoms. The summed E-state index contributed by atoms with van der Waals surface area (Å²) in [6, 6.07) is 4.03. The molecule has 1 aliphatic heterocycles. The van der Waals surface area contributed by atoms with Crippen LogP contribution in [0.2, 0.25) is 0 Å². The summed E-state index contributed by atoms with van der Waals surface area (Å²) in [6.07, 6.45) is 1.89. The van der Waals surface area contributed by atoms with E-state index in [-0.39, 0.29) is 5.41 Å². The van der Waals surface area contributed by atoms with Crippen molar-refractivity contribution in [1.29, 1.82) is 0 Å². The number of hydrogen-bond donors (Lipinski definition) is 2. The van der Waals surface area contributed by atoms with Gasteiger partial charge in [0.05, 0.1) is 6.20 Å². The lowest BCUT2D eigenvalue weighted by molar-refractivity contribution is 0.380. The van der Waals surface area contributed by atoms with Crippen molar-refractivity contribution < 1.29 is 0 Å². The lowest BCUT2D eigenvalue weighted by Crippen LogP contribution is -2.51. The van der Waals surface area contributed by atoms with Gasteiger partial charge in [-0.25, -0.2) is 0 Å². The van der Waals surface area contributed by atoms with Gasteiger partial charge in [-0.05, 0) is 19.1 Å². The summed E-state index contributed by atoms with van der Waals surface area (Å²) < 4.78 is 1.88. The molecule has 0 bridgehead atoms. The number of aromatic amines is 1. The molecule has 0 atom stereocenters. The molecule has 3 aromatic rings. The van der Waals surface area contributed by atoms with E-state index in [1.165, 1.54) is 5.56 Å². The number of H-pyrrole nitrogens is 1. The highest BCUT2D eigenvalue weighted by atomic mass is 15.4. The zero-order chi connectivity index (χ0) is 18.3. The molecule has 1 saturated heterocycles. The van der Waals surface area contributed by atoms with E-state index in [0.717, 1.165) is 49.2 Å². The molecule has 0 saturated carbocycles. The van der Waals surface area contributed by atoms with Crippen LogP contribution in [0, 0.1) is 12.8 Å². The van der Waals surface area contributed by atoms with Crippen LogP contribution in [0.1, 0.15) is 37.9 Å². The Kier molecular flexibility index (Phi) is 4.14. The van der Waals surface area contributed by atoms with Crippen LogP contribution in [-0.4, -0.2) is 49.6 Å². The van der Waals surface area contributed by atoms with Crippen molar-refractivity contribution in [1.82, 2.24) is 35.3 Å². The van der Waals surface area contributed by atoms with Gasteiger partial charge in [0.1, 0.15) is 5.82 Å². The van der Waals surface area contributed by atoms with E-state index >= 15 is 0 Å². The monoisotopic (exact) mass is 354 g/mol. The first-order valence-electron chi connectivity index (χ1n) is 9.09. The molecule has 8 nitrogen and oxygen atoms in total. The van der Waals surface area contributed by atoms with Gasteiger partial charge in [0, 0.05) is 48.8 Å². The molecule has 1 fully saturated rings. The molecule has 0 aromatic carbocycles. The molecule has 0 amide bonds. The van der Waals surface area contributed by atoms with E-state index in [1.807, 2.05) is 29.8 Å². The molecule has 0 unspecified atom stereocenters. The van der Waals surface area contributed by atoms with Crippen LogP contribution in [0.15, 0.2) is 18.3 Å². The van der Waals surface area contributed by atoms with Crippen molar-refractivity contribution in [2.24, 2.45) is 5.92 Å². The maximum absolute atomic E-state index is 4.78. The number of fused-ring (bicyclic) bond motifs is 1. The van der Waals surface area contributed by atoms with Crippen LogP contribution in [0.3, 0.4) is 0 Å². The second kappa shape index (κ2) is 6.35. The van der Waals surface area contributed by atoms with Gasteiger partial charge in [0.15, 0.2) is 11.5 Å². The minimum absolute atomic E-state index is 0.0857. The van der Waals surface area contributed by atoms with Crippen LogP contribution in [0.4, 0.5) is 5.82 Å². The first-order valence-corrected chi connectivity index (χ1v) is 9.09. The third-order valence-corrected chi connectivity index (χ3v) is 4.88. The van der Waals surface area contributed by atoms with Crippen molar-refractivity contribution in [3.63, 3.8) is 0 Å². The maximum atomic E-state index is 4.78. The Balaban J connectivity index is 1.36. The van der Waals surface area contributed by atoms with Crippen molar-refractivity contribution in [3.05, 3.63) is 35.4 Å². The third-order valence-electron chi connectivity index (χ3n) is 4.88. The molecular formula is C18H26N8. The van der Waals surface area contributed by atoms with Crippen LogP contribution in [0.25, 0.3) is 5.65 Å². The van der Waals surface area contributed by atoms with E-state index in [2.05, 4.69) is 51.4 Å². The summed E-state index contributed by atoms with van der Waals surface area (Å²) in [5.41, 5.74) is 3.08. The van der Waals surface area contributed by atoms with Crippen LogP contribution in [0.5, 0.6) is 0 Å². The summed E-state index contributed by atoms with van der Waals surface area (Å²) in [4.78, 5) is 2.31. The number of anilines is 1. The number of nitrogens with one attached hydrogen (secondary N) is 2.